The summed E-state index contributed by atoms with van der Waals surface area (Å²) in [6.45, 7) is 0.101. The van der Waals surface area contributed by atoms with Crippen molar-refractivity contribution in [2.24, 2.45) is 0 Å². The fourth-order valence-electron chi connectivity index (χ4n) is 2.72. The standard InChI is InChI=1S/C18H14ClN5O2/c19-13-5-6-16-22-14(10-23(16)9-13)8-20-17(25)11-24-18(26)15-4-2-1-3-12(15)7-21-24/h1-7,9-10H,8,11H2,(H,20,25). The van der Waals surface area contributed by atoms with Crippen LogP contribution in [0.15, 0.2) is 59.8 Å². The second-order valence-corrected chi connectivity index (χ2v) is 6.25. The lowest BCUT2D eigenvalue weighted by Gasteiger charge is -2.06. The molecule has 130 valence electrons. The molecule has 3 heterocycles. The lowest BCUT2D eigenvalue weighted by atomic mass is 10.2. The number of aromatic nitrogens is 4. The monoisotopic (exact) mass is 367 g/mol. The molecule has 1 N–H and O–H groups in total. The summed E-state index contributed by atoms with van der Waals surface area (Å²) in [7, 11) is 0. The first-order valence-corrected chi connectivity index (χ1v) is 8.33. The van der Waals surface area contributed by atoms with Gasteiger partial charge >= 0.3 is 0 Å². The molecule has 1 amide bonds. The number of hydrogen-bond donors (Lipinski definition) is 1. The first kappa shape index (κ1) is 16.3. The molecule has 0 unspecified atom stereocenters. The van der Waals surface area contributed by atoms with Gasteiger partial charge in [-0.15, -0.1) is 0 Å². The van der Waals surface area contributed by atoms with Crippen LogP contribution in [-0.4, -0.2) is 25.1 Å². The zero-order valence-electron chi connectivity index (χ0n) is 13.6. The van der Waals surface area contributed by atoms with Gasteiger partial charge in [0, 0.05) is 17.8 Å². The third kappa shape index (κ3) is 3.16. The quantitative estimate of drug-likeness (QED) is 0.598. The molecule has 1 aromatic carbocycles. The molecule has 0 saturated heterocycles. The molecule has 4 aromatic rings. The van der Waals surface area contributed by atoms with Crippen LogP contribution in [0.3, 0.4) is 0 Å². The Morgan fingerprint density at radius 2 is 2.00 bits per heavy atom. The number of benzene rings is 1. The molecular formula is C18H14ClN5O2. The fourth-order valence-corrected chi connectivity index (χ4v) is 2.89. The van der Waals surface area contributed by atoms with E-state index in [2.05, 4.69) is 15.4 Å². The molecule has 0 spiro atoms. The van der Waals surface area contributed by atoms with E-state index in [-0.39, 0.29) is 24.6 Å². The van der Waals surface area contributed by atoms with Gasteiger partial charge in [-0.3, -0.25) is 9.59 Å². The minimum atomic E-state index is -0.315. The highest BCUT2D eigenvalue weighted by Gasteiger charge is 2.09. The molecule has 0 radical (unpaired) electrons. The summed E-state index contributed by atoms with van der Waals surface area (Å²) in [5, 5.41) is 8.69. The molecule has 0 aliphatic rings. The normalized spacial score (nSPS) is 11.1. The average Bonchev–Trinajstić information content (AvgIpc) is 3.04. The van der Waals surface area contributed by atoms with Gasteiger partial charge in [-0.25, -0.2) is 9.67 Å². The Hall–Kier alpha value is -3.19. The predicted octanol–water partition coefficient (Wildman–Crippen LogP) is 2.01. The molecule has 4 rings (SSSR count). The lowest BCUT2D eigenvalue weighted by Crippen LogP contribution is -2.33. The SMILES string of the molecule is O=C(Cn1ncc2ccccc2c1=O)NCc1cn2cc(Cl)ccc2n1. The number of halogens is 1. The molecule has 0 aliphatic carbocycles. The maximum Gasteiger partial charge on any atom is 0.275 e. The van der Waals surface area contributed by atoms with Gasteiger partial charge in [0.05, 0.1) is 28.8 Å². The Balaban J connectivity index is 1.47. The minimum Gasteiger partial charge on any atom is -0.349 e. The van der Waals surface area contributed by atoms with Gasteiger partial charge in [0.1, 0.15) is 12.2 Å². The van der Waals surface area contributed by atoms with E-state index in [1.807, 2.05) is 12.1 Å². The Kier molecular flexibility index (Phi) is 4.14. The summed E-state index contributed by atoms with van der Waals surface area (Å²) < 4.78 is 2.94. The van der Waals surface area contributed by atoms with Crippen molar-refractivity contribution in [2.75, 3.05) is 0 Å². The number of nitrogens with one attached hydrogen (secondary N) is 1. The zero-order chi connectivity index (χ0) is 18.1. The number of amides is 1. The van der Waals surface area contributed by atoms with Crippen LogP contribution in [0.1, 0.15) is 5.69 Å². The Labute approximate surface area is 152 Å². The maximum atomic E-state index is 12.4. The van der Waals surface area contributed by atoms with Gasteiger partial charge in [0.2, 0.25) is 5.91 Å². The van der Waals surface area contributed by atoms with E-state index >= 15 is 0 Å². The molecule has 8 heteroatoms. The van der Waals surface area contributed by atoms with Gasteiger partial charge in [0.25, 0.3) is 5.56 Å². The van der Waals surface area contributed by atoms with Crippen LogP contribution in [0.4, 0.5) is 0 Å². The number of pyridine rings is 1. The van der Waals surface area contributed by atoms with Crippen LogP contribution < -0.4 is 10.9 Å². The van der Waals surface area contributed by atoms with Gasteiger partial charge in [0.15, 0.2) is 0 Å². The van der Waals surface area contributed by atoms with Crippen LogP contribution in [0.2, 0.25) is 5.02 Å². The van der Waals surface area contributed by atoms with Crippen LogP contribution >= 0.6 is 11.6 Å². The number of carbonyl (C=O) groups is 1. The van der Waals surface area contributed by atoms with Crippen molar-refractivity contribution < 1.29 is 4.79 Å². The summed E-state index contributed by atoms with van der Waals surface area (Å²) in [4.78, 5) is 29.0. The number of carbonyl (C=O) groups excluding carboxylic acids is 1. The highest BCUT2D eigenvalue weighted by atomic mass is 35.5. The molecule has 26 heavy (non-hydrogen) atoms. The third-order valence-electron chi connectivity index (χ3n) is 3.99. The van der Waals surface area contributed by atoms with Crippen molar-refractivity contribution in [1.82, 2.24) is 24.5 Å². The predicted molar refractivity (Wildman–Crippen MR) is 98.1 cm³/mol. The largest absolute Gasteiger partial charge is 0.349 e. The smallest absolute Gasteiger partial charge is 0.275 e. The average molecular weight is 368 g/mol. The maximum absolute atomic E-state index is 12.4. The van der Waals surface area contributed by atoms with E-state index in [4.69, 9.17) is 11.6 Å². The van der Waals surface area contributed by atoms with E-state index in [0.29, 0.717) is 16.1 Å². The molecule has 3 aromatic heterocycles. The van der Waals surface area contributed by atoms with E-state index in [0.717, 1.165) is 15.7 Å². The summed E-state index contributed by atoms with van der Waals surface area (Å²) in [5.74, 6) is -0.315. The van der Waals surface area contributed by atoms with E-state index in [1.54, 1.807) is 47.3 Å². The van der Waals surface area contributed by atoms with Crippen molar-refractivity contribution in [3.05, 3.63) is 76.1 Å². The first-order valence-electron chi connectivity index (χ1n) is 7.95. The number of rotatable bonds is 4. The summed E-state index contributed by atoms with van der Waals surface area (Å²) in [5.41, 5.74) is 1.14. The van der Waals surface area contributed by atoms with E-state index in [9.17, 15) is 9.59 Å². The molecule has 0 fully saturated rings. The fraction of sp³-hybridized carbons (Fsp3) is 0.111. The minimum absolute atomic E-state index is 0.150. The topological polar surface area (TPSA) is 81.3 Å². The highest BCUT2D eigenvalue weighted by Crippen LogP contribution is 2.11. The van der Waals surface area contributed by atoms with Crippen molar-refractivity contribution >= 4 is 33.9 Å². The van der Waals surface area contributed by atoms with Crippen LogP contribution in [0.5, 0.6) is 0 Å². The number of fused-ring (bicyclic) bond motifs is 2. The molecular weight excluding hydrogens is 354 g/mol. The second-order valence-electron chi connectivity index (χ2n) is 5.82. The molecule has 0 bridgehead atoms. The van der Waals surface area contributed by atoms with Crippen molar-refractivity contribution in [1.29, 1.82) is 0 Å². The third-order valence-corrected chi connectivity index (χ3v) is 4.21. The Bertz CT molecular complexity index is 1180. The van der Waals surface area contributed by atoms with Gasteiger partial charge in [-0.2, -0.15) is 5.10 Å². The molecule has 0 aliphatic heterocycles. The second kappa shape index (κ2) is 6.61. The first-order chi connectivity index (χ1) is 12.6. The summed E-state index contributed by atoms with van der Waals surface area (Å²) in [6, 6.07) is 10.7. The van der Waals surface area contributed by atoms with Crippen molar-refractivity contribution in [3.8, 4) is 0 Å². The zero-order valence-corrected chi connectivity index (χ0v) is 14.3. The molecule has 7 nitrogen and oxygen atoms in total. The number of nitrogens with zero attached hydrogens (tertiary/aromatic N) is 4. The van der Waals surface area contributed by atoms with Gasteiger partial charge in [-0.05, 0) is 18.2 Å². The van der Waals surface area contributed by atoms with Crippen molar-refractivity contribution in [2.45, 2.75) is 13.1 Å². The summed E-state index contributed by atoms with van der Waals surface area (Å²) in [6.07, 6.45) is 5.12. The number of hydrogen-bond acceptors (Lipinski definition) is 4. The summed E-state index contributed by atoms with van der Waals surface area (Å²) >= 11 is 5.94. The molecule has 0 saturated carbocycles. The molecule has 0 atom stereocenters. The van der Waals surface area contributed by atoms with Crippen LogP contribution in [0, 0.1) is 0 Å². The number of imidazole rings is 1. The van der Waals surface area contributed by atoms with Crippen LogP contribution in [-0.2, 0) is 17.9 Å². The van der Waals surface area contributed by atoms with Crippen molar-refractivity contribution in [3.63, 3.8) is 0 Å². The Morgan fingerprint density at radius 1 is 1.15 bits per heavy atom. The van der Waals surface area contributed by atoms with Gasteiger partial charge in [-0.1, -0.05) is 29.8 Å². The van der Waals surface area contributed by atoms with Gasteiger partial charge < -0.3 is 9.72 Å². The van der Waals surface area contributed by atoms with Crippen LogP contribution in [0.25, 0.3) is 16.4 Å². The highest BCUT2D eigenvalue weighted by molar-refractivity contribution is 6.30. The Morgan fingerprint density at radius 3 is 2.88 bits per heavy atom. The lowest BCUT2D eigenvalue weighted by molar-refractivity contribution is -0.122. The van der Waals surface area contributed by atoms with E-state index in [1.165, 1.54) is 0 Å². The van der Waals surface area contributed by atoms with E-state index < -0.39 is 0 Å².